The van der Waals surface area contributed by atoms with Crippen LogP contribution in [0.3, 0.4) is 0 Å². The van der Waals surface area contributed by atoms with Gasteiger partial charge in [0.2, 0.25) is 0 Å². The Balaban J connectivity index is 1.03. The molecule has 0 saturated carbocycles. The van der Waals surface area contributed by atoms with E-state index < -0.39 is 0 Å². The Labute approximate surface area is 629 Å². The summed E-state index contributed by atoms with van der Waals surface area (Å²) in [4.78, 5) is 10.5. The first kappa shape index (κ1) is 67.7. The lowest BCUT2D eigenvalue weighted by Gasteiger charge is -2.46. The van der Waals surface area contributed by atoms with Crippen molar-refractivity contribution >= 4 is 154 Å². The molecule has 0 bridgehead atoms. The number of fused-ring (bicyclic) bond motifs is 10. The predicted octanol–water partition coefficient (Wildman–Crippen LogP) is 27.3. The van der Waals surface area contributed by atoms with Crippen LogP contribution in [0.5, 0.6) is 0 Å². The molecule has 13 aromatic carbocycles. The Hall–Kier alpha value is -10.4. The lowest BCUT2D eigenvalue weighted by Crippen LogP contribution is -2.61. The van der Waals surface area contributed by atoms with Crippen LogP contribution >= 0.6 is 22.7 Å². The summed E-state index contributed by atoms with van der Waals surface area (Å²) in [7, 11) is 0. The van der Waals surface area contributed by atoms with E-state index in [1.807, 2.05) is 22.7 Å². The van der Waals surface area contributed by atoms with Crippen LogP contribution in [0.15, 0.2) is 279 Å². The maximum absolute atomic E-state index is 2.75. The van der Waals surface area contributed by atoms with Crippen LogP contribution < -0.4 is 36.0 Å². The van der Waals surface area contributed by atoms with Gasteiger partial charge in [-0.1, -0.05) is 274 Å². The number of anilines is 12. The van der Waals surface area contributed by atoms with E-state index in [2.05, 4.69) is 403 Å². The maximum atomic E-state index is 2.75. The van der Waals surface area contributed by atoms with Gasteiger partial charge in [-0.15, -0.1) is 22.7 Å². The van der Waals surface area contributed by atoms with E-state index in [1.54, 1.807) is 0 Å². The van der Waals surface area contributed by atoms with Crippen molar-refractivity contribution in [3.05, 3.63) is 307 Å². The molecule has 0 fully saturated rings. The average Bonchev–Trinajstić information content (AvgIpc) is 1.51. The summed E-state index contributed by atoms with van der Waals surface area (Å²) in [6, 6.07) is 108. The third-order valence-corrected chi connectivity index (χ3v) is 24.3. The van der Waals surface area contributed by atoms with Crippen molar-refractivity contribution in [2.75, 3.05) is 19.6 Å². The zero-order chi connectivity index (χ0) is 72.8. The van der Waals surface area contributed by atoms with E-state index >= 15 is 0 Å². The van der Waals surface area contributed by atoms with Gasteiger partial charge >= 0.3 is 0 Å². The van der Waals surface area contributed by atoms with Gasteiger partial charge in [0.1, 0.15) is 0 Å². The molecule has 0 atom stereocenters. The Morgan fingerprint density at radius 2 is 0.571 bits per heavy atom. The number of rotatable bonds is 10. The summed E-state index contributed by atoms with van der Waals surface area (Å²) in [5.41, 5.74) is 27.9. The van der Waals surface area contributed by atoms with Crippen molar-refractivity contribution in [2.24, 2.45) is 0 Å². The zero-order valence-corrected chi connectivity index (χ0v) is 64.9. The van der Waals surface area contributed by atoms with E-state index in [-0.39, 0.29) is 33.8 Å². The molecule has 4 heterocycles. The third-order valence-electron chi connectivity index (χ3n) is 22.0. The molecule has 7 heteroatoms. The van der Waals surface area contributed by atoms with Gasteiger partial charge in [0.05, 0.1) is 11.4 Å². The lowest BCUT2D eigenvalue weighted by atomic mass is 9.33. The second-order valence-electron chi connectivity index (χ2n) is 34.2. The molecule has 4 nitrogen and oxygen atoms in total. The molecular formula is C98H91BN4S2. The lowest BCUT2D eigenvalue weighted by molar-refractivity contribution is 0.590. The summed E-state index contributed by atoms with van der Waals surface area (Å²) >= 11 is 3.78. The smallest absolute Gasteiger partial charge is 0.252 e. The normalized spacial score (nSPS) is 13.2. The van der Waals surface area contributed by atoms with Gasteiger partial charge in [-0.05, 0) is 192 Å². The first-order valence-corrected chi connectivity index (χ1v) is 39.0. The number of hydrogen-bond donors (Lipinski definition) is 0. The number of hydrogen-bond acceptors (Lipinski definition) is 6. The quantitative estimate of drug-likeness (QED) is 0.127. The molecule has 0 unspecified atom stereocenters. The minimum atomic E-state index is -0.320. The molecule has 2 aromatic heterocycles. The highest BCUT2D eigenvalue weighted by molar-refractivity contribution is 7.26. The molecule has 2 aliphatic heterocycles. The Morgan fingerprint density at radius 3 is 0.895 bits per heavy atom. The van der Waals surface area contributed by atoms with Crippen molar-refractivity contribution < 1.29 is 0 Å². The van der Waals surface area contributed by atoms with Gasteiger partial charge in [0, 0.05) is 108 Å². The van der Waals surface area contributed by atoms with Gasteiger partial charge in [-0.25, -0.2) is 0 Å². The third kappa shape index (κ3) is 11.8. The maximum Gasteiger partial charge on any atom is 0.252 e. The number of thiophene rings is 2. The zero-order valence-electron chi connectivity index (χ0n) is 63.2. The van der Waals surface area contributed by atoms with Crippen molar-refractivity contribution in [1.82, 2.24) is 0 Å². The molecule has 105 heavy (non-hydrogen) atoms. The average molecular weight is 1400 g/mol. The minimum absolute atomic E-state index is 0.0288. The van der Waals surface area contributed by atoms with Crippen LogP contribution in [0.1, 0.15) is 132 Å². The number of nitrogens with zero attached hydrogens (tertiary/aromatic N) is 4. The monoisotopic (exact) mass is 1400 g/mol. The molecule has 0 amide bonds. The van der Waals surface area contributed by atoms with Gasteiger partial charge in [0.15, 0.2) is 0 Å². The van der Waals surface area contributed by atoms with Gasteiger partial charge in [-0.3, -0.25) is 0 Å². The summed E-state index contributed by atoms with van der Waals surface area (Å²) in [5, 5.41) is 5.00. The summed E-state index contributed by atoms with van der Waals surface area (Å²) in [5.74, 6) is 0. The van der Waals surface area contributed by atoms with Gasteiger partial charge in [0.25, 0.3) is 6.71 Å². The van der Waals surface area contributed by atoms with Crippen molar-refractivity contribution in [1.29, 1.82) is 0 Å². The Bertz CT molecular complexity index is 5390. The molecule has 0 saturated heterocycles. The predicted molar refractivity (Wildman–Crippen MR) is 460 cm³/mol. The molecule has 17 rings (SSSR count). The highest BCUT2D eigenvalue weighted by Crippen LogP contribution is 2.57. The molecule has 0 aliphatic carbocycles. The van der Waals surface area contributed by atoms with E-state index in [0.29, 0.717) is 0 Å². The molecular weight excluding hydrogens is 1310 g/mol. The second-order valence-corrected chi connectivity index (χ2v) is 36.4. The largest absolute Gasteiger partial charge is 0.310 e. The Morgan fingerprint density at radius 1 is 0.267 bits per heavy atom. The van der Waals surface area contributed by atoms with Crippen LogP contribution in [0.2, 0.25) is 0 Å². The van der Waals surface area contributed by atoms with Gasteiger partial charge in [-0.2, -0.15) is 0 Å². The second kappa shape index (κ2) is 25.1. The molecule has 518 valence electrons. The minimum Gasteiger partial charge on any atom is -0.310 e. The first-order chi connectivity index (χ1) is 50.2. The van der Waals surface area contributed by atoms with Crippen LogP contribution in [-0.4, -0.2) is 6.71 Å². The van der Waals surface area contributed by atoms with E-state index in [0.717, 1.165) is 45.5 Å². The summed E-state index contributed by atoms with van der Waals surface area (Å²) < 4.78 is 5.03. The fraction of sp³-hybridized carbons (Fsp3) is 0.204. The van der Waals surface area contributed by atoms with Crippen LogP contribution in [0.4, 0.5) is 68.2 Å². The van der Waals surface area contributed by atoms with Crippen LogP contribution in [-0.2, 0) is 27.1 Å². The van der Waals surface area contributed by atoms with Gasteiger partial charge < -0.3 is 19.6 Å². The van der Waals surface area contributed by atoms with Crippen molar-refractivity contribution in [3.8, 4) is 22.3 Å². The topological polar surface area (TPSA) is 13.0 Å². The molecule has 0 radical (unpaired) electrons. The van der Waals surface area contributed by atoms with E-state index in [9.17, 15) is 0 Å². The molecule has 0 N–H and O–H groups in total. The fourth-order valence-corrected chi connectivity index (χ4v) is 18.5. The first-order valence-electron chi connectivity index (χ1n) is 37.3. The summed E-state index contributed by atoms with van der Waals surface area (Å²) in [6.45, 7) is 34.7. The number of benzene rings is 13. The van der Waals surface area contributed by atoms with Crippen LogP contribution in [0, 0.1) is 0 Å². The fourth-order valence-electron chi connectivity index (χ4n) is 16.3. The van der Waals surface area contributed by atoms with Crippen molar-refractivity contribution in [3.63, 3.8) is 0 Å². The van der Waals surface area contributed by atoms with Crippen molar-refractivity contribution in [2.45, 2.75) is 131 Å². The molecule has 0 spiro atoms. The standard InChI is InChI=1S/C98H91BN4S2/c1-94(2,3)64-34-42-69(43-35-64)100(70-44-36-65(37-45-70)95(4,5)6)73-50-54-79-81(60-73)102(92-75(62-26-18-16-19-27-62)52-56-87-89(92)77-30-22-24-32-85(77)104-87)83-58-68(98(13,14)15)59-84-91(83)99(79)80-55-51-74(101(71-46-38-66(39-47-71)96(7,8)9)72-48-40-67(41-49-72)97(10,11)12)61-82(80)103(84)93-76(63-28-20-17-21-29-63)53-57-88-90(93)78-31-23-25-33-86(78)105-88/h16-61H,1-15H3. The SMILES string of the molecule is CC(C)(C)c1ccc(N(c2ccc(C(C)(C)C)cc2)c2ccc3c(c2)N(c2c(-c4ccccc4)ccc4sc5ccccc5c24)c2cc(C(C)(C)C)cc4c2B3c2ccc(N(c3ccc(C(C)(C)C)cc3)c3ccc(C(C)(C)C)cc3)cc2N4c2c(-c3ccccc3)ccc3sc4ccccc4c23)cc1. The van der Waals surface area contributed by atoms with Crippen LogP contribution in [0.25, 0.3) is 62.6 Å². The summed E-state index contributed by atoms with van der Waals surface area (Å²) in [6.07, 6.45) is 0. The highest BCUT2D eigenvalue weighted by Gasteiger charge is 2.47. The molecule has 2 aliphatic rings. The van der Waals surface area contributed by atoms with E-state index in [4.69, 9.17) is 0 Å². The Kier molecular flexibility index (Phi) is 16.2. The molecule has 15 aromatic rings. The highest BCUT2D eigenvalue weighted by atomic mass is 32.1. The van der Waals surface area contributed by atoms with E-state index in [1.165, 1.54) is 130 Å².